The average Bonchev–Trinajstić information content (AvgIpc) is 3.00. The molecule has 1 aromatic heterocycles. The highest BCUT2D eigenvalue weighted by Crippen LogP contribution is 2.19. The molecule has 2 rings (SSSR count). The molecular formula is C17H23N3O3S2. The fourth-order valence-corrected chi connectivity index (χ4v) is 4.86. The second-order valence-electron chi connectivity index (χ2n) is 5.62. The van der Waals surface area contributed by atoms with Gasteiger partial charge in [0.2, 0.25) is 10.0 Å². The van der Waals surface area contributed by atoms with E-state index >= 15 is 0 Å². The van der Waals surface area contributed by atoms with Crippen molar-refractivity contribution < 1.29 is 13.2 Å². The van der Waals surface area contributed by atoms with Gasteiger partial charge in [-0.3, -0.25) is 4.79 Å². The summed E-state index contributed by atoms with van der Waals surface area (Å²) in [6.07, 6.45) is 1.75. The van der Waals surface area contributed by atoms with E-state index in [-0.39, 0.29) is 10.8 Å². The molecule has 0 radical (unpaired) electrons. The zero-order valence-corrected chi connectivity index (χ0v) is 16.5. The molecule has 0 saturated heterocycles. The van der Waals surface area contributed by atoms with Crippen LogP contribution in [0.25, 0.3) is 0 Å². The van der Waals surface area contributed by atoms with Gasteiger partial charge in [-0.15, -0.1) is 11.3 Å². The summed E-state index contributed by atoms with van der Waals surface area (Å²) in [5.41, 5.74) is 0.358. The number of benzene rings is 1. The molecule has 0 fully saturated rings. The lowest BCUT2D eigenvalue weighted by molar-refractivity contribution is 0.0786. The van der Waals surface area contributed by atoms with Gasteiger partial charge in [-0.25, -0.2) is 13.4 Å². The van der Waals surface area contributed by atoms with Gasteiger partial charge < -0.3 is 4.90 Å². The van der Waals surface area contributed by atoms with Gasteiger partial charge >= 0.3 is 0 Å². The fraction of sp³-hybridized carbons (Fsp3) is 0.412. The van der Waals surface area contributed by atoms with Crippen molar-refractivity contribution in [1.82, 2.24) is 14.2 Å². The summed E-state index contributed by atoms with van der Waals surface area (Å²) in [7, 11) is -1.89. The van der Waals surface area contributed by atoms with Crippen LogP contribution in [-0.4, -0.2) is 48.7 Å². The summed E-state index contributed by atoms with van der Waals surface area (Å²) in [6, 6.07) is 6.22. The number of sulfonamides is 1. The largest absolute Gasteiger partial charge is 0.337 e. The zero-order valence-electron chi connectivity index (χ0n) is 14.9. The average molecular weight is 382 g/mol. The molecule has 136 valence electrons. The Hall–Kier alpha value is -1.77. The lowest BCUT2D eigenvalue weighted by Crippen LogP contribution is -2.31. The highest BCUT2D eigenvalue weighted by Gasteiger charge is 2.23. The zero-order chi connectivity index (χ0) is 18.6. The maximum Gasteiger partial charge on any atom is 0.253 e. The van der Waals surface area contributed by atoms with Gasteiger partial charge in [0.1, 0.15) is 0 Å². The Morgan fingerprint density at radius 1 is 1.24 bits per heavy atom. The number of amides is 1. The van der Waals surface area contributed by atoms with E-state index in [4.69, 9.17) is 0 Å². The lowest BCUT2D eigenvalue weighted by atomic mass is 10.2. The summed E-state index contributed by atoms with van der Waals surface area (Å²) in [5, 5.41) is 0.947. The molecule has 0 N–H and O–H groups in total. The van der Waals surface area contributed by atoms with Crippen LogP contribution in [0.5, 0.6) is 0 Å². The smallest absolute Gasteiger partial charge is 0.253 e. The highest BCUT2D eigenvalue weighted by molar-refractivity contribution is 7.89. The minimum absolute atomic E-state index is 0.143. The second kappa shape index (κ2) is 8.07. The molecule has 0 aliphatic carbocycles. The van der Waals surface area contributed by atoms with Gasteiger partial charge in [-0.1, -0.05) is 19.9 Å². The van der Waals surface area contributed by atoms with Crippen LogP contribution in [0, 0.1) is 6.92 Å². The second-order valence-corrected chi connectivity index (χ2v) is 8.88. The molecule has 25 heavy (non-hydrogen) atoms. The van der Waals surface area contributed by atoms with E-state index in [0.717, 1.165) is 9.88 Å². The fourth-order valence-electron chi connectivity index (χ4n) is 2.51. The number of carbonyl (C=O) groups is 1. The SMILES string of the molecule is CCN(CC)S(=O)(=O)c1cccc(C(=O)N(C)Cc2cnc(C)s2)c1. The van der Waals surface area contributed by atoms with Gasteiger partial charge in [-0.05, 0) is 25.1 Å². The number of hydrogen-bond acceptors (Lipinski definition) is 5. The molecule has 0 bridgehead atoms. The molecule has 0 saturated carbocycles. The Kier molecular flexibility index (Phi) is 6.31. The number of rotatable bonds is 7. The number of thiazole rings is 1. The number of hydrogen-bond donors (Lipinski definition) is 0. The predicted molar refractivity (Wildman–Crippen MR) is 99.2 cm³/mol. The van der Waals surface area contributed by atoms with Gasteiger partial charge in [0, 0.05) is 36.8 Å². The Bertz CT molecular complexity index is 842. The maximum absolute atomic E-state index is 12.6. The van der Waals surface area contributed by atoms with Crippen LogP contribution in [0.1, 0.15) is 34.1 Å². The molecule has 0 aliphatic heterocycles. The molecule has 1 aromatic carbocycles. The van der Waals surface area contributed by atoms with Crippen LogP contribution >= 0.6 is 11.3 Å². The van der Waals surface area contributed by atoms with Gasteiger partial charge in [0.25, 0.3) is 5.91 Å². The van der Waals surface area contributed by atoms with E-state index in [1.54, 1.807) is 44.1 Å². The molecule has 6 nitrogen and oxygen atoms in total. The topological polar surface area (TPSA) is 70.6 Å². The number of carbonyl (C=O) groups excluding carboxylic acids is 1. The van der Waals surface area contributed by atoms with Crippen molar-refractivity contribution in [3.05, 3.63) is 45.9 Å². The summed E-state index contributed by atoms with van der Waals surface area (Å²) >= 11 is 1.54. The van der Waals surface area contributed by atoms with E-state index in [1.807, 2.05) is 6.92 Å². The van der Waals surface area contributed by atoms with Crippen LogP contribution in [0.15, 0.2) is 35.4 Å². The Labute approximate surface area is 153 Å². The Morgan fingerprint density at radius 3 is 2.48 bits per heavy atom. The van der Waals surface area contributed by atoms with Crippen molar-refractivity contribution in [2.45, 2.75) is 32.2 Å². The first kappa shape index (κ1) is 19.6. The minimum Gasteiger partial charge on any atom is -0.337 e. The standard InChI is InChI=1S/C17H23N3O3S2/c1-5-20(6-2)25(22,23)16-9-7-8-14(10-16)17(21)19(4)12-15-11-18-13(3)24-15/h7-11H,5-6,12H2,1-4H3. The highest BCUT2D eigenvalue weighted by atomic mass is 32.2. The van der Waals surface area contributed by atoms with Crippen molar-refractivity contribution in [3.63, 3.8) is 0 Å². The van der Waals surface area contributed by atoms with E-state index in [9.17, 15) is 13.2 Å². The monoisotopic (exact) mass is 381 g/mol. The molecule has 0 aliphatic rings. The first-order chi connectivity index (χ1) is 11.8. The molecule has 2 aromatic rings. The maximum atomic E-state index is 12.6. The van der Waals surface area contributed by atoms with Gasteiger partial charge in [0.05, 0.1) is 16.4 Å². The third kappa shape index (κ3) is 4.45. The number of aryl methyl sites for hydroxylation is 1. The summed E-state index contributed by atoms with van der Waals surface area (Å²) in [4.78, 5) is 19.5. The molecule has 0 spiro atoms. The van der Waals surface area contributed by atoms with Crippen molar-refractivity contribution in [2.75, 3.05) is 20.1 Å². The van der Waals surface area contributed by atoms with E-state index in [1.165, 1.54) is 27.8 Å². The lowest BCUT2D eigenvalue weighted by Gasteiger charge is -2.20. The van der Waals surface area contributed by atoms with E-state index < -0.39 is 10.0 Å². The van der Waals surface area contributed by atoms with Gasteiger partial charge in [0.15, 0.2) is 0 Å². The third-order valence-electron chi connectivity index (χ3n) is 3.83. The summed E-state index contributed by atoms with van der Waals surface area (Å²) in [6.45, 7) is 6.72. The molecule has 1 heterocycles. The molecule has 0 unspecified atom stereocenters. The quantitative estimate of drug-likeness (QED) is 0.739. The Balaban J connectivity index is 2.24. The van der Waals surface area contributed by atoms with Crippen LogP contribution in [-0.2, 0) is 16.6 Å². The molecule has 8 heteroatoms. The number of nitrogens with zero attached hydrogens (tertiary/aromatic N) is 3. The first-order valence-corrected chi connectivity index (χ1v) is 10.3. The minimum atomic E-state index is -3.58. The Morgan fingerprint density at radius 2 is 1.92 bits per heavy atom. The van der Waals surface area contributed by atoms with E-state index in [0.29, 0.717) is 25.2 Å². The van der Waals surface area contributed by atoms with Crippen molar-refractivity contribution in [2.24, 2.45) is 0 Å². The third-order valence-corrected chi connectivity index (χ3v) is 6.78. The van der Waals surface area contributed by atoms with E-state index in [2.05, 4.69) is 4.98 Å². The molecular weight excluding hydrogens is 358 g/mol. The number of aromatic nitrogens is 1. The summed E-state index contributed by atoms with van der Waals surface area (Å²) < 4.78 is 26.6. The molecule has 1 amide bonds. The van der Waals surface area contributed by atoms with Gasteiger partial charge in [-0.2, -0.15) is 4.31 Å². The van der Waals surface area contributed by atoms with Crippen molar-refractivity contribution in [1.29, 1.82) is 0 Å². The summed E-state index contributed by atoms with van der Waals surface area (Å²) in [5.74, 6) is -0.220. The van der Waals surface area contributed by atoms with Crippen LogP contribution in [0.3, 0.4) is 0 Å². The van der Waals surface area contributed by atoms with Crippen molar-refractivity contribution in [3.8, 4) is 0 Å². The molecule has 0 atom stereocenters. The van der Waals surface area contributed by atoms with Crippen LogP contribution < -0.4 is 0 Å². The van der Waals surface area contributed by atoms with Crippen LogP contribution in [0.2, 0.25) is 0 Å². The predicted octanol–water partition coefficient (Wildman–Crippen LogP) is 2.75. The normalized spacial score (nSPS) is 11.7. The first-order valence-electron chi connectivity index (χ1n) is 8.06. The van der Waals surface area contributed by atoms with Crippen LogP contribution in [0.4, 0.5) is 0 Å². The van der Waals surface area contributed by atoms with Crippen molar-refractivity contribution >= 4 is 27.3 Å².